The predicted molar refractivity (Wildman–Crippen MR) is 133 cm³/mol. The van der Waals surface area contributed by atoms with Gasteiger partial charge in [0, 0.05) is 10.7 Å². The molecule has 4 aromatic rings. The molecule has 3 heterocycles. The maximum absolute atomic E-state index is 13.3. The number of hydrogen-bond donors (Lipinski definition) is 1. The highest BCUT2D eigenvalue weighted by atomic mass is 35.5. The number of thiophene rings is 1. The van der Waals surface area contributed by atoms with Gasteiger partial charge >= 0.3 is 6.03 Å². The second kappa shape index (κ2) is 9.32. The minimum atomic E-state index is -0.483. The lowest BCUT2D eigenvalue weighted by Gasteiger charge is -2.35. The maximum atomic E-state index is 13.3. The summed E-state index contributed by atoms with van der Waals surface area (Å²) in [6.45, 7) is 4.39. The van der Waals surface area contributed by atoms with E-state index in [4.69, 9.17) is 20.9 Å². The first-order chi connectivity index (χ1) is 16.5. The van der Waals surface area contributed by atoms with Crippen molar-refractivity contribution in [2.75, 3.05) is 11.5 Å². The smallest absolute Gasteiger partial charge is 0.326 e. The van der Waals surface area contributed by atoms with Crippen LogP contribution in [0.2, 0.25) is 5.02 Å². The molecule has 7 nitrogen and oxygen atoms in total. The van der Waals surface area contributed by atoms with E-state index in [-0.39, 0.29) is 6.03 Å². The van der Waals surface area contributed by atoms with Crippen LogP contribution in [0.15, 0.2) is 76.3 Å². The van der Waals surface area contributed by atoms with Gasteiger partial charge in [-0.05, 0) is 67.3 Å². The first-order valence-electron chi connectivity index (χ1n) is 10.7. The number of amides is 2. The minimum Gasteiger partial charge on any atom is -0.494 e. The molecule has 2 amide bonds. The molecule has 34 heavy (non-hydrogen) atoms. The van der Waals surface area contributed by atoms with Gasteiger partial charge in [0.25, 0.3) is 5.89 Å². The number of hydrogen-bond acceptors (Lipinski definition) is 6. The van der Waals surface area contributed by atoms with E-state index >= 15 is 0 Å². The van der Waals surface area contributed by atoms with Crippen LogP contribution in [0.5, 0.6) is 5.75 Å². The first-order valence-corrected chi connectivity index (χ1v) is 12.0. The Morgan fingerprint density at radius 3 is 2.59 bits per heavy atom. The molecule has 1 aliphatic rings. The van der Waals surface area contributed by atoms with E-state index in [9.17, 15) is 4.79 Å². The number of carbonyl (C=O) groups is 1. The van der Waals surface area contributed by atoms with Crippen molar-refractivity contribution in [3.8, 4) is 16.5 Å². The molecule has 1 unspecified atom stereocenters. The van der Waals surface area contributed by atoms with Crippen molar-refractivity contribution in [2.24, 2.45) is 0 Å². The Balaban J connectivity index is 1.62. The number of nitrogens with zero attached hydrogens (tertiary/aromatic N) is 3. The standard InChI is InChI=1S/C25H21ClN4O3S/c1-3-32-19-12-6-16(7-13-19)22-21(24-28-23(29-33-24)20-5-4-14-34-20)15(2)30(25(31)27-22)18-10-8-17(26)9-11-18/h4-14,22H,3H2,1-2H3,(H,27,31). The molecule has 1 atom stereocenters. The zero-order valence-corrected chi connectivity index (χ0v) is 20.1. The normalized spacial score (nSPS) is 16.0. The van der Waals surface area contributed by atoms with Crippen LogP contribution in [0.1, 0.15) is 31.3 Å². The van der Waals surface area contributed by atoms with Crippen LogP contribution in [0.4, 0.5) is 10.5 Å². The van der Waals surface area contributed by atoms with Crippen LogP contribution in [-0.4, -0.2) is 22.8 Å². The summed E-state index contributed by atoms with van der Waals surface area (Å²) in [7, 11) is 0. The first kappa shape index (κ1) is 22.2. The number of ether oxygens (including phenoxy) is 1. The van der Waals surface area contributed by atoms with Gasteiger partial charge in [0.15, 0.2) is 0 Å². The summed E-state index contributed by atoms with van der Waals surface area (Å²) in [6.07, 6.45) is 0. The number of carbonyl (C=O) groups excluding carboxylic acids is 1. The Morgan fingerprint density at radius 1 is 1.15 bits per heavy atom. The molecule has 0 radical (unpaired) electrons. The monoisotopic (exact) mass is 492 g/mol. The zero-order valence-electron chi connectivity index (χ0n) is 18.5. The summed E-state index contributed by atoms with van der Waals surface area (Å²) in [6, 6.07) is 17.8. The largest absolute Gasteiger partial charge is 0.494 e. The number of benzene rings is 2. The van der Waals surface area contributed by atoms with Gasteiger partial charge in [0.2, 0.25) is 5.82 Å². The number of halogens is 1. The van der Waals surface area contributed by atoms with Gasteiger partial charge in [-0.15, -0.1) is 11.3 Å². The SMILES string of the molecule is CCOc1ccc(C2NC(=O)N(c3ccc(Cl)cc3)C(C)=C2c2nc(-c3cccs3)no2)cc1. The lowest BCUT2D eigenvalue weighted by Crippen LogP contribution is -2.46. The third-order valence-corrected chi connectivity index (χ3v) is 6.61. The Kier molecular flexibility index (Phi) is 6.08. The highest BCUT2D eigenvalue weighted by molar-refractivity contribution is 7.13. The van der Waals surface area contributed by atoms with Crippen molar-refractivity contribution in [2.45, 2.75) is 19.9 Å². The molecule has 0 saturated heterocycles. The van der Waals surface area contributed by atoms with Crippen molar-refractivity contribution in [3.05, 3.63) is 88.2 Å². The highest BCUT2D eigenvalue weighted by Crippen LogP contribution is 2.39. The second-order valence-electron chi connectivity index (χ2n) is 7.60. The van der Waals surface area contributed by atoms with Crippen LogP contribution >= 0.6 is 22.9 Å². The summed E-state index contributed by atoms with van der Waals surface area (Å²) in [5, 5.41) is 9.84. The fourth-order valence-corrected chi connectivity index (χ4v) is 4.71. The van der Waals surface area contributed by atoms with Crippen LogP contribution in [-0.2, 0) is 0 Å². The highest BCUT2D eigenvalue weighted by Gasteiger charge is 2.36. The number of rotatable bonds is 6. The molecule has 2 aromatic carbocycles. The molecule has 2 aromatic heterocycles. The quantitative estimate of drug-likeness (QED) is 0.330. The molecule has 0 saturated carbocycles. The summed E-state index contributed by atoms with van der Waals surface area (Å²) in [5.41, 5.74) is 2.96. The molecule has 0 bridgehead atoms. The van der Waals surface area contributed by atoms with Crippen LogP contribution in [0.3, 0.4) is 0 Å². The maximum Gasteiger partial charge on any atom is 0.326 e. The summed E-state index contributed by atoms with van der Waals surface area (Å²) < 4.78 is 11.3. The van der Waals surface area contributed by atoms with Gasteiger partial charge in [0.1, 0.15) is 5.75 Å². The third kappa shape index (κ3) is 4.18. The van der Waals surface area contributed by atoms with E-state index < -0.39 is 6.04 Å². The van der Waals surface area contributed by atoms with E-state index in [0.717, 1.165) is 16.2 Å². The Labute approximate surface area is 205 Å². The zero-order chi connectivity index (χ0) is 23.7. The average molecular weight is 493 g/mol. The molecule has 0 fully saturated rings. The molecule has 5 rings (SSSR count). The lowest BCUT2D eigenvalue weighted by molar-refractivity contribution is 0.244. The van der Waals surface area contributed by atoms with Crippen LogP contribution < -0.4 is 15.0 Å². The molecule has 1 N–H and O–H groups in total. The van der Waals surface area contributed by atoms with Crippen molar-refractivity contribution < 1.29 is 14.1 Å². The fourth-order valence-electron chi connectivity index (χ4n) is 3.93. The van der Waals surface area contributed by atoms with E-state index in [1.807, 2.05) is 55.6 Å². The van der Waals surface area contributed by atoms with E-state index in [2.05, 4.69) is 15.5 Å². The van der Waals surface area contributed by atoms with Crippen LogP contribution in [0.25, 0.3) is 16.3 Å². The molecule has 0 aliphatic carbocycles. The molecule has 172 valence electrons. The van der Waals surface area contributed by atoms with Gasteiger partial charge < -0.3 is 14.6 Å². The molecule has 9 heteroatoms. The topological polar surface area (TPSA) is 80.5 Å². The van der Waals surface area contributed by atoms with Crippen molar-refractivity contribution in [1.82, 2.24) is 15.5 Å². The average Bonchev–Trinajstić information content (AvgIpc) is 3.53. The summed E-state index contributed by atoms with van der Waals surface area (Å²) in [5.74, 6) is 1.61. The molecular formula is C25H21ClN4O3S. The third-order valence-electron chi connectivity index (χ3n) is 5.49. The van der Waals surface area contributed by atoms with Crippen molar-refractivity contribution in [1.29, 1.82) is 0 Å². The Morgan fingerprint density at radius 2 is 1.91 bits per heavy atom. The van der Waals surface area contributed by atoms with Gasteiger partial charge in [0.05, 0.1) is 28.8 Å². The number of aromatic nitrogens is 2. The van der Waals surface area contributed by atoms with Gasteiger partial charge in [-0.3, -0.25) is 4.90 Å². The van der Waals surface area contributed by atoms with Gasteiger partial charge in [-0.1, -0.05) is 35.0 Å². The summed E-state index contributed by atoms with van der Waals surface area (Å²) >= 11 is 7.60. The van der Waals surface area contributed by atoms with E-state index in [1.165, 1.54) is 11.3 Å². The number of urea groups is 1. The van der Waals surface area contributed by atoms with E-state index in [0.29, 0.717) is 40.3 Å². The number of nitrogens with one attached hydrogen (secondary N) is 1. The Bertz CT molecular complexity index is 1330. The Hall–Kier alpha value is -3.62. The summed E-state index contributed by atoms with van der Waals surface area (Å²) in [4.78, 5) is 20.4. The van der Waals surface area contributed by atoms with Gasteiger partial charge in [-0.2, -0.15) is 4.98 Å². The van der Waals surface area contributed by atoms with Crippen molar-refractivity contribution >= 4 is 40.2 Å². The van der Waals surface area contributed by atoms with Crippen molar-refractivity contribution in [3.63, 3.8) is 0 Å². The van der Waals surface area contributed by atoms with Crippen LogP contribution in [0, 0.1) is 0 Å². The van der Waals surface area contributed by atoms with E-state index in [1.54, 1.807) is 29.2 Å². The number of anilines is 1. The molecule has 1 aliphatic heterocycles. The minimum absolute atomic E-state index is 0.263. The number of allylic oxidation sites excluding steroid dienone is 1. The van der Waals surface area contributed by atoms with Gasteiger partial charge in [-0.25, -0.2) is 4.79 Å². The lowest BCUT2D eigenvalue weighted by atomic mass is 9.94. The molecule has 0 spiro atoms. The predicted octanol–water partition coefficient (Wildman–Crippen LogP) is 6.55. The second-order valence-corrected chi connectivity index (χ2v) is 8.98. The fraction of sp³-hybridized carbons (Fsp3) is 0.160. The molecular weight excluding hydrogens is 472 g/mol.